The summed E-state index contributed by atoms with van der Waals surface area (Å²) in [6.07, 6.45) is 3.38. The zero-order valence-electron chi connectivity index (χ0n) is 13.2. The van der Waals surface area contributed by atoms with E-state index in [0.29, 0.717) is 11.3 Å². The Balaban J connectivity index is 2.07. The van der Waals surface area contributed by atoms with Crippen molar-refractivity contribution in [1.82, 2.24) is 0 Å². The summed E-state index contributed by atoms with van der Waals surface area (Å²) in [6.45, 7) is 3.84. The number of carbonyl (C=O) groups is 2. The maximum Gasteiger partial charge on any atom is 0.255 e. The first-order valence-corrected chi connectivity index (χ1v) is 7.26. The van der Waals surface area contributed by atoms with Gasteiger partial charge in [-0.1, -0.05) is 29.8 Å². The molecule has 0 aliphatic carbocycles. The van der Waals surface area contributed by atoms with Crippen LogP contribution in [0.1, 0.15) is 27.0 Å². The van der Waals surface area contributed by atoms with Crippen LogP contribution in [0, 0.1) is 13.8 Å². The van der Waals surface area contributed by atoms with Crippen molar-refractivity contribution < 1.29 is 14.3 Å². The van der Waals surface area contributed by atoms with Crippen LogP contribution in [0.5, 0.6) is 5.75 Å². The van der Waals surface area contributed by atoms with Crippen LogP contribution in [-0.4, -0.2) is 18.3 Å². The van der Waals surface area contributed by atoms with Gasteiger partial charge in [0.05, 0.1) is 0 Å². The largest absolute Gasteiger partial charge is 0.484 e. The summed E-state index contributed by atoms with van der Waals surface area (Å²) in [7, 11) is 0. The van der Waals surface area contributed by atoms with E-state index in [1.807, 2.05) is 38.1 Å². The summed E-state index contributed by atoms with van der Waals surface area (Å²) in [4.78, 5) is 22.8. The molecule has 2 N–H and O–H groups in total. The summed E-state index contributed by atoms with van der Waals surface area (Å²) in [6, 6.07) is 12.7. The molecule has 23 heavy (non-hydrogen) atoms. The third-order valence-corrected chi connectivity index (χ3v) is 3.37. The normalized spacial score (nSPS) is 10.7. The van der Waals surface area contributed by atoms with Gasteiger partial charge in [-0.15, -0.1) is 0 Å². The lowest BCUT2D eigenvalue weighted by Crippen LogP contribution is -2.19. The standard InChI is InChI=1S/C19H19NO3/c1-13-3-4-14(2)16(11-13)7-10-18(21)15-5-8-17(9-6-15)23-12-19(20)22/h3-11H,12H2,1-2H3,(H2,20,22)/b10-7+. The lowest BCUT2D eigenvalue weighted by molar-refractivity contribution is -0.119. The molecule has 0 aliphatic rings. The van der Waals surface area contributed by atoms with E-state index in [1.54, 1.807) is 30.3 Å². The summed E-state index contributed by atoms with van der Waals surface area (Å²) in [5.41, 5.74) is 8.86. The molecule has 0 unspecified atom stereocenters. The zero-order chi connectivity index (χ0) is 16.8. The maximum atomic E-state index is 12.2. The molecule has 0 bridgehead atoms. The average Bonchev–Trinajstić information content (AvgIpc) is 2.54. The minimum atomic E-state index is -0.540. The van der Waals surface area contributed by atoms with Gasteiger partial charge >= 0.3 is 0 Å². The smallest absolute Gasteiger partial charge is 0.255 e. The Labute approximate surface area is 135 Å². The summed E-state index contributed by atoms with van der Waals surface area (Å²) < 4.78 is 5.16. The van der Waals surface area contributed by atoms with Crippen molar-refractivity contribution in [2.75, 3.05) is 6.61 Å². The van der Waals surface area contributed by atoms with Crippen molar-refractivity contribution >= 4 is 17.8 Å². The fraction of sp³-hybridized carbons (Fsp3) is 0.158. The molecule has 0 saturated carbocycles. The lowest BCUT2D eigenvalue weighted by atomic mass is 10.0. The minimum absolute atomic E-state index is 0.0904. The van der Waals surface area contributed by atoms with E-state index in [1.165, 1.54) is 0 Å². The van der Waals surface area contributed by atoms with E-state index in [9.17, 15) is 9.59 Å². The highest BCUT2D eigenvalue weighted by atomic mass is 16.5. The topological polar surface area (TPSA) is 69.4 Å². The first-order chi connectivity index (χ1) is 11.0. The van der Waals surface area contributed by atoms with Gasteiger partial charge in [0, 0.05) is 5.56 Å². The number of ketones is 1. The third-order valence-electron chi connectivity index (χ3n) is 3.37. The molecule has 4 nitrogen and oxygen atoms in total. The highest BCUT2D eigenvalue weighted by Crippen LogP contribution is 2.15. The van der Waals surface area contributed by atoms with Crippen LogP contribution in [-0.2, 0) is 4.79 Å². The number of allylic oxidation sites excluding steroid dienone is 1. The Hall–Kier alpha value is -2.88. The van der Waals surface area contributed by atoms with Crippen molar-refractivity contribution in [3.05, 3.63) is 70.8 Å². The molecule has 0 aromatic heterocycles. The Kier molecular flexibility index (Phi) is 5.31. The van der Waals surface area contributed by atoms with E-state index >= 15 is 0 Å². The second-order valence-corrected chi connectivity index (χ2v) is 5.34. The fourth-order valence-corrected chi connectivity index (χ4v) is 2.07. The van der Waals surface area contributed by atoms with Gasteiger partial charge in [-0.05, 0) is 55.3 Å². The van der Waals surface area contributed by atoms with Crippen LogP contribution in [0.15, 0.2) is 48.5 Å². The summed E-state index contributed by atoms with van der Waals surface area (Å²) >= 11 is 0. The van der Waals surface area contributed by atoms with Gasteiger partial charge in [0.15, 0.2) is 12.4 Å². The first-order valence-electron chi connectivity index (χ1n) is 7.26. The summed E-state index contributed by atoms with van der Waals surface area (Å²) in [5.74, 6) is -0.132. The van der Waals surface area contributed by atoms with Crippen LogP contribution < -0.4 is 10.5 Å². The SMILES string of the molecule is Cc1ccc(C)c(/C=C/C(=O)c2ccc(OCC(N)=O)cc2)c1. The van der Waals surface area contributed by atoms with E-state index in [-0.39, 0.29) is 12.4 Å². The van der Waals surface area contributed by atoms with Gasteiger partial charge in [-0.25, -0.2) is 0 Å². The monoisotopic (exact) mass is 309 g/mol. The maximum absolute atomic E-state index is 12.2. The molecule has 2 rings (SSSR count). The van der Waals surface area contributed by atoms with Crippen LogP contribution in [0.4, 0.5) is 0 Å². The molecule has 118 valence electrons. The fourth-order valence-electron chi connectivity index (χ4n) is 2.07. The average molecular weight is 309 g/mol. The number of rotatable bonds is 6. The molecular formula is C19H19NO3. The van der Waals surface area contributed by atoms with Gasteiger partial charge in [-0.2, -0.15) is 0 Å². The lowest BCUT2D eigenvalue weighted by Gasteiger charge is -2.04. The highest BCUT2D eigenvalue weighted by molar-refractivity contribution is 6.06. The second kappa shape index (κ2) is 7.40. The Morgan fingerprint density at radius 2 is 1.78 bits per heavy atom. The van der Waals surface area contributed by atoms with Crippen molar-refractivity contribution in [3.8, 4) is 5.75 Å². The minimum Gasteiger partial charge on any atom is -0.484 e. The predicted octanol–water partition coefficient (Wildman–Crippen LogP) is 3.06. The molecule has 0 fully saturated rings. The highest BCUT2D eigenvalue weighted by Gasteiger charge is 2.04. The van der Waals surface area contributed by atoms with Gasteiger partial charge in [0.25, 0.3) is 5.91 Å². The molecular weight excluding hydrogens is 290 g/mol. The van der Waals surface area contributed by atoms with Gasteiger partial charge in [0.2, 0.25) is 0 Å². The van der Waals surface area contributed by atoms with E-state index in [0.717, 1.165) is 16.7 Å². The second-order valence-electron chi connectivity index (χ2n) is 5.34. The molecule has 0 atom stereocenters. The van der Waals surface area contributed by atoms with E-state index in [2.05, 4.69) is 0 Å². The molecule has 2 aromatic rings. The van der Waals surface area contributed by atoms with Crippen LogP contribution in [0.3, 0.4) is 0 Å². The summed E-state index contributed by atoms with van der Waals surface area (Å²) in [5, 5.41) is 0. The predicted molar refractivity (Wildman–Crippen MR) is 90.4 cm³/mol. The van der Waals surface area contributed by atoms with Gasteiger partial charge in [0.1, 0.15) is 5.75 Å². The third kappa shape index (κ3) is 4.81. The number of aryl methyl sites for hydroxylation is 2. The molecule has 0 heterocycles. The number of amides is 1. The Morgan fingerprint density at radius 3 is 2.43 bits per heavy atom. The molecule has 0 saturated heterocycles. The molecule has 4 heteroatoms. The number of ether oxygens (including phenoxy) is 1. The Morgan fingerprint density at radius 1 is 1.09 bits per heavy atom. The Bertz CT molecular complexity index is 746. The number of nitrogens with two attached hydrogens (primary N) is 1. The number of primary amides is 1. The molecule has 0 radical (unpaired) electrons. The van der Waals surface area contributed by atoms with Crippen LogP contribution in [0.25, 0.3) is 6.08 Å². The van der Waals surface area contributed by atoms with Crippen molar-refractivity contribution in [2.45, 2.75) is 13.8 Å². The van der Waals surface area contributed by atoms with E-state index in [4.69, 9.17) is 10.5 Å². The molecule has 0 aliphatic heterocycles. The van der Waals surface area contributed by atoms with E-state index < -0.39 is 5.91 Å². The van der Waals surface area contributed by atoms with Crippen LogP contribution in [0.2, 0.25) is 0 Å². The zero-order valence-corrected chi connectivity index (χ0v) is 13.2. The number of hydrogen-bond donors (Lipinski definition) is 1. The molecule has 2 aromatic carbocycles. The first kappa shape index (κ1) is 16.5. The molecule has 0 spiro atoms. The number of hydrogen-bond acceptors (Lipinski definition) is 3. The van der Waals surface area contributed by atoms with Gasteiger partial charge < -0.3 is 10.5 Å². The van der Waals surface area contributed by atoms with Crippen molar-refractivity contribution in [3.63, 3.8) is 0 Å². The number of carbonyl (C=O) groups excluding carboxylic acids is 2. The van der Waals surface area contributed by atoms with Crippen LogP contribution >= 0.6 is 0 Å². The quantitative estimate of drug-likeness (QED) is 0.658. The number of benzene rings is 2. The van der Waals surface area contributed by atoms with Crippen molar-refractivity contribution in [2.24, 2.45) is 5.73 Å². The van der Waals surface area contributed by atoms with Crippen molar-refractivity contribution in [1.29, 1.82) is 0 Å². The van der Waals surface area contributed by atoms with Gasteiger partial charge in [-0.3, -0.25) is 9.59 Å². The molecule has 1 amide bonds.